The number of hydrogen-bond donors (Lipinski definition) is 1. The number of methoxy groups -OCH3 is 1. The summed E-state index contributed by atoms with van der Waals surface area (Å²) < 4.78 is 5.26. The van der Waals surface area contributed by atoms with E-state index in [2.05, 4.69) is 27.3 Å². The molecule has 0 spiro atoms. The van der Waals surface area contributed by atoms with Gasteiger partial charge in [-0.2, -0.15) is 0 Å². The number of pyridine rings is 1. The minimum absolute atomic E-state index is 0.157. The molecule has 2 aliphatic heterocycles. The average molecular weight is 469 g/mol. The lowest BCUT2D eigenvalue weighted by Gasteiger charge is -2.28. The molecule has 35 heavy (non-hydrogen) atoms. The fourth-order valence-electron chi connectivity index (χ4n) is 4.59. The first-order chi connectivity index (χ1) is 17.1. The highest BCUT2D eigenvalue weighted by molar-refractivity contribution is 6.36. The molecule has 5 rings (SSSR count). The zero-order chi connectivity index (χ0) is 24.2. The number of nitrogens with zero attached hydrogens (tertiary/aromatic N) is 3. The van der Waals surface area contributed by atoms with Crippen LogP contribution in [0.4, 0.5) is 11.4 Å². The number of nitrogens with one attached hydrogen (secondary N) is 1. The predicted molar refractivity (Wildman–Crippen MR) is 136 cm³/mol. The smallest absolute Gasteiger partial charge is 0.278 e. The van der Waals surface area contributed by atoms with Gasteiger partial charge in [0.05, 0.1) is 19.2 Å². The molecule has 3 heterocycles. The Morgan fingerprint density at radius 2 is 1.66 bits per heavy atom. The second-order valence-corrected chi connectivity index (χ2v) is 8.76. The molecule has 0 saturated carbocycles. The van der Waals surface area contributed by atoms with E-state index in [-0.39, 0.29) is 24.1 Å². The first-order valence-corrected chi connectivity index (χ1v) is 11.9. The van der Waals surface area contributed by atoms with E-state index in [1.807, 2.05) is 18.2 Å². The molecule has 1 fully saturated rings. The van der Waals surface area contributed by atoms with Crippen molar-refractivity contribution in [2.75, 3.05) is 30.4 Å². The normalized spacial score (nSPS) is 16.1. The van der Waals surface area contributed by atoms with Crippen LogP contribution in [0.25, 0.3) is 5.57 Å². The highest BCUT2D eigenvalue weighted by Gasteiger charge is 2.39. The molecule has 0 unspecified atom stereocenters. The number of anilines is 2. The van der Waals surface area contributed by atoms with Gasteiger partial charge >= 0.3 is 0 Å². The molecule has 178 valence electrons. The van der Waals surface area contributed by atoms with Crippen molar-refractivity contribution in [3.8, 4) is 5.75 Å². The molecule has 2 amide bonds. The van der Waals surface area contributed by atoms with Gasteiger partial charge in [0.15, 0.2) is 0 Å². The monoisotopic (exact) mass is 468 g/mol. The van der Waals surface area contributed by atoms with Crippen LogP contribution < -0.4 is 15.0 Å². The Labute approximate surface area is 205 Å². The Bertz CT molecular complexity index is 1230. The average Bonchev–Trinajstić information content (AvgIpc) is 3.14. The number of imide groups is 1. The van der Waals surface area contributed by atoms with Crippen LogP contribution in [0.15, 0.2) is 78.8 Å². The molecule has 2 aromatic carbocycles. The van der Waals surface area contributed by atoms with Crippen molar-refractivity contribution < 1.29 is 14.3 Å². The maximum Gasteiger partial charge on any atom is 0.278 e. The van der Waals surface area contributed by atoms with E-state index >= 15 is 0 Å². The van der Waals surface area contributed by atoms with Crippen molar-refractivity contribution >= 4 is 28.8 Å². The third-order valence-electron chi connectivity index (χ3n) is 6.47. The molecule has 7 nitrogen and oxygen atoms in total. The third kappa shape index (κ3) is 4.75. The molecular formula is C28H28N4O3. The van der Waals surface area contributed by atoms with Gasteiger partial charge in [-0.1, -0.05) is 18.2 Å². The van der Waals surface area contributed by atoms with E-state index < -0.39 is 0 Å². The van der Waals surface area contributed by atoms with Crippen LogP contribution in [0.1, 0.15) is 30.4 Å². The maximum absolute atomic E-state index is 13.5. The predicted octanol–water partition coefficient (Wildman–Crippen LogP) is 4.47. The number of hydrogen-bond acceptors (Lipinski definition) is 6. The zero-order valence-corrected chi connectivity index (χ0v) is 19.7. The number of aromatic nitrogens is 1. The Morgan fingerprint density at radius 1 is 0.914 bits per heavy atom. The minimum atomic E-state index is -0.357. The molecule has 0 aliphatic carbocycles. The van der Waals surface area contributed by atoms with Crippen molar-refractivity contribution in [2.45, 2.75) is 25.8 Å². The second kappa shape index (κ2) is 10.0. The van der Waals surface area contributed by atoms with E-state index in [0.29, 0.717) is 16.9 Å². The van der Waals surface area contributed by atoms with Gasteiger partial charge in [-0.25, -0.2) is 0 Å². The van der Waals surface area contributed by atoms with Crippen molar-refractivity contribution in [3.63, 3.8) is 0 Å². The van der Waals surface area contributed by atoms with Crippen LogP contribution in [-0.2, 0) is 16.1 Å². The largest absolute Gasteiger partial charge is 0.497 e. The van der Waals surface area contributed by atoms with E-state index in [9.17, 15) is 9.59 Å². The standard InChI is InChI=1S/C28H28N4O3/c1-35-24-13-7-21(8-14-24)25-26(28(34)32(27(25)33)19-20-6-5-15-29-18-20)30-22-9-11-23(12-10-22)31-16-3-2-4-17-31/h5-15,18,30H,2-4,16-17,19H2,1H3. The van der Waals surface area contributed by atoms with Gasteiger partial charge in [0.2, 0.25) is 0 Å². The molecule has 2 aliphatic rings. The van der Waals surface area contributed by atoms with Crippen LogP contribution in [0.3, 0.4) is 0 Å². The van der Waals surface area contributed by atoms with Gasteiger partial charge < -0.3 is 15.0 Å². The number of carbonyl (C=O) groups excluding carboxylic acids is 2. The van der Waals surface area contributed by atoms with Gasteiger partial charge in [0.25, 0.3) is 11.8 Å². The number of amides is 2. The van der Waals surface area contributed by atoms with Crippen molar-refractivity contribution in [3.05, 3.63) is 89.9 Å². The van der Waals surface area contributed by atoms with Crippen LogP contribution in [0.5, 0.6) is 5.75 Å². The quantitative estimate of drug-likeness (QED) is 0.516. The highest BCUT2D eigenvalue weighted by Crippen LogP contribution is 2.33. The van der Waals surface area contributed by atoms with Crippen LogP contribution in [0.2, 0.25) is 0 Å². The highest BCUT2D eigenvalue weighted by atomic mass is 16.5. The summed E-state index contributed by atoms with van der Waals surface area (Å²) in [7, 11) is 1.59. The lowest BCUT2D eigenvalue weighted by Crippen LogP contribution is -2.32. The van der Waals surface area contributed by atoms with Crippen LogP contribution in [-0.4, -0.2) is 41.9 Å². The molecule has 0 bridgehead atoms. The molecule has 3 aromatic rings. The molecule has 0 radical (unpaired) electrons. The maximum atomic E-state index is 13.5. The van der Waals surface area contributed by atoms with Crippen LogP contribution in [0, 0.1) is 0 Å². The number of carbonyl (C=O) groups is 2. The first-order valence-electron chi connectivity index (χ1n) is 11.9. The Morgan fingerprint density at radius 3 is 2.31 bits per heavy atom. The zero-order valence-electron chi connectivity index (χ0n) is 19.7. The van der Waals surface area contributed by atoms with E-state index in [1.165, 1.54) is 29.8 Å². The third-order valence-corrected chi connectivity index (χ3v) is 6.47. The lowest BCUT2D eigenvalue weighted by atomic mass is 10.0. The van der Waals surface area contributed by atoms with Gasteiger partial charge in [-0.3, -0.25) is 19.5 Å². The molecular weight excluding hydrogens is 440 g/mol. The molecule has 1 aromatic heterocycles. The minimum Gasteiger partial charge on any atom is -0.497 e. The topological polar surface area (TPSA) is 74.8 Å². The Balaban J connectivity index is 1.45. The van der Waals surface area contributed by atoms with E-state index in [1.54, 1.807) is 49.8 Å². The van der Waals surface area contributed by atoms with Gasteiger partial charge in [-0.05, 0) is 72.9 Å². The van der Waals surface area contributed by atoms with Crippen LogP contribution >= 0.6 is 0 Å². The summed E-state index contributed by atoms with van der Waals surface area (Å²) in [4.78, 5) is 34.7. The SMILES string of the molecule is COc1ccc(C2=C(Nc3ccc(N4CCCCC4)cc3)C(=O)N(Cc3cccnc3)C2=O)cc1. The molecule has 0 atom stereocenters. The van der Waals surface area contributed by atoms with Gasteiger partial charge in [-0.15, -0.1) is 0 Å². The first kappa shape index (κ1) is 22.7. The molecule has 7 heteroatoms. The van der Waals surface area contributed by atoms with Gasteiger partial charge in [0, 0.05) is 36.9 Å². The summed E-state index contributed by atoms with van der Waals surface area (Å²) in [5.74, 6) is -0.0117. The summed E-state index contributed by atoms with van der Waals surface area (Å²) in [6.45, 7) is 2.29. The van der Waals surface area contributed by atoms with Crippen molar-refractivity contribution in [2.24, 2.45) is 0 Å². The summed E-state index contributed by atoms with van der Waals surface area (Å²) in [6.07, 6.45) is 7.03. The lowest BCUT2D eigenvalue weighted by molar-refractivity contribution is -0.137. The Kier molecular flexibility index (Phi) is 6.48. The number of benzene rings is 2. The van der Waals surface area contributed by atoms with Crippen molar-refractivity contribution in [1.29, 1.82) is 0 Å². The molecule has 1 saturated heterocycles. The molecule has 1 N–H and O–H groups in total. The summed E-state index contributed by atoms with van der Waals surface area (Å²) in [5, 5.41) is 3.25. The summed E-state index contributed by atoms with van der Waals surface area (Å²) in [6, 6.07) is 18.9. The van der Waals surface area contributed by atoms with Crippen molar-refractivity contribution in [1.82, 2.24) is 9.88 Å². The number of piperidine rings is 1. The summed E-state index contributed by atoms with van der Waals surface area (Å²) >= 11 is 0. The Hall–Kier alpha value is -4.13. The van der Waals surface area contributed by atoms with E-state index in [4.69, 9.17) is 4.74 Å². The van der Waals surface area contributed by atoms with Gasteiger partial charge in [0.1, 0.15) is 11.4 Å². The van der Waals surface area contributed by atoms with E-state index in [0.717, 1.165) is 24.3 Å². The fraction of sp³-hybridized carbons (Fsp3) is 0.250. The summed E-state index contributed by atoms with van der Waals surface area (Å²) in [5.41, 5.74) is 4.00. The number of ether oxygens (including phenoxy) is 1. The second-order valence-electron chi connectivity index (χ2n) is 8.76. The number of rotatable bonds is 7. The fourth-order valence-corrected chi connectivity index (χ4v) is 4.59.